The number of benzene rings is 2. The van der Waals surface area contributed by atoms with E-state index in [4.69, 9.17) is 0 Å². The molecule has 1 heterocycles. The summed E-state index contributed by atoms with van der Waals surface area (Å²) in [7, 11) is 0. The predicted molar refractivity (Wildman–Crippen MR) is 103 cm³/mol. The van der Waals surface area contributed by atoms with Crippen LogP contribution < -0.4 is 0 Å². The highest BCUT2D eigenvalue weighted by Crippen LogP contribution is 2.25. The van der Waals surface area contributed by atoms with Gasteiger partial charge in [0.1, 0.15) is 11.1 Å². The summed E-state index contributed by atoms with van der Waals surface area (Å²) in [5, 5.41) is 11.9. The topological polar surface area (TPSA) is 70.8 Å². The monoisotopic (exact) mass is 360 g/mol. The van der Waals surface area contributed by atoms with E-state index in [-0.39, 0.29) is 17.3 Å². The van der Waals surface area contributed by atoms with Gasteiger partial charge in [-0.15, -0.1) is 0 Å². The molecule has 0 N–H and O–H groups in total. The molecule has 0 fully saturated rings. The first-order valence-electron chi connectivity index (χ1n) is 8.07. The lowest BCUT2D eigenvalue weighted by Gasteiger charge is -2.08. The summed E-state index contributed by atoms with van der Waals surface area (Å²) in [6, 6.07) is 17.1. The fourth-order valence-electron chi connectivity index (χ4n) is 2.71. The first-order valence-corrected chi connectivity index (χ1v) is 9.05. The van der Waals surface area contributed by atoms with Gasteiger partial charge in [-0.05, 0) is 36.8 Å². The standard InChI is InChI=1S/C21H16N2O2S/c1-13-19(14(2)24)10-18(11-22)21(23-13)26-12-20(25)17-8-7-15-5-3-4-6-16(15)9-17/h3-10H,12H2,1-2H3. The van der Waals surface area contributed by atoms with E-state index in [9.17, 15) is 14.9 Å². The quantitative estimate of drug-likeness (QED) is 0.491. The van der Waals surface area contributed by atoms with Gasteiger partial charge in [0, 0.05) is 16.8 Å². The molecule has 1 aromatic heterocycles. The van der Waals surface area contributed by atoms with Crippen molar-refractivity contribution in [1.29, 1.82) is 5.26 Å². The molecule has 3 aromatic rings. The minimum Gasteiger partial charge on any atom is -0.294 e. The van der Waals surface area contributed by atoms with Gasteiger partial charge in [0.05, 0.1) is 11.3 Å². The molecule has 0 aliphatic carbocycles. The first kappa shape index (κ1) is 17.8. The van der Waals surface area contributed by atoms with Gasteiger partial charge in [-0.1, -0.05) is 48.2 Å². The second kappa shape index (κ2) is 7.51. The smallest absolute Gasteiger partial charge is 0.173 e. The first-order chi connectivity index (χ1) is 12.5. The van der Waals surface area contributed by atoms with E-state index in [0.29, 0.717) is 27.4 Å². The van der Waals surface area contributed by atoms with Crippen LogP contribution in [0.5, 0.6) is 0 Å². The van der Waals surface area contributed by atoms with Crippen LogP contribution in [0.4, 0.5) is 0 Å². The van der Waals surface area contributed by atoms with Crippen LogP contribution >= 0.6 is 11.8 Å². The maximum Gasteiger partial charge on any atom is 0.173 e. The van der Waals surface area contributed by atoms with E-state index < -0.39 is 0 Å². The molecule has 0 unspecified atom stereocenters. The minimum absolute atomic E-state index is 0.0280. The van der Waals surface area contributed by atoms with E-state index in [1.54, 1.807) is 13.0 Å². The van der Waals surface area contributed by atoms with Crippen LogP contribution in [0, 0.1) is 18.3 Å². The number of aryl methyl sites for hydroxylation is 1. The van der Waals surface area contributed by atoms with Crippen molar-refractivity contribution >= 4 is 34.1 Å². The number of aromatic nitrogens is 1. The zero-order chi connectivity index (χ0) is 18.7. The van der Waals surface area contributed by atoms with Crippen LogP contribution in [0.2, 0.25) is 0 Å². The zero-order valence-corrected chi connectivity index (χ0v) is 15.3. The number of hydrogen-bond acceptors (Lipinski definition) is 5. The normalized spacial score (nSPS) is 10.5. The molecule has 26 heavy (non-hydrogen) atoms. The Balaban J connectivity index is 1.81. The van der Waals surface area contributed by atoms with Crippen molar-refractivity contribution in [1.82, 2.24) is 4.98 Å². The number of thioether (sulfide) groups is 1. The van der Waals surface area contributed by atoms with Gasteiger partial charge in [0.25, 0.3) is 0 Å². The molecule has 0 radical (unpaired) electrons. The van der Waals surface area contributed by atoms with Crippen molar-refractivity contribution in [3.05, 3.63) is 70.9 Å². The Morgan fingerprint density at radius 2 is 1.85 bits per heavy atom. The third kappa shape index (κ3) is 3.66. The molecule has 0 amide bonds. The molecule has 2 aromatic carbocycles. The summed E-state index contributed by atoms with van der Waals surface area (Å²) in [6.07, 6.45) is 0. The van der Waals surface area contributed by atoms with Crippen LogP contribution in [0.3, 0.4) is 0 Å². The summed E-state index contributed by atoms with van der Waals surface area (Å²) in [4.78, 5) is 28.5. The van der Waals surface area contributed by atoms with Crippen LogP contribution in [0.15, 0.2) is 53.6 Å². The van der Waals surface area contributed by atoms with Crippen molar-refractivity contribution in [2.45, 2.75) is 18.9 Å². The van der Waals surface area contributed by atoms with Crippen LogP contribution in [0.25, 0.3) is 10.8 Å². The Bertz CT molecular complexity index is 1070. The van der Waals surface area contributed by atoms with Gasteiger partial charge < -0.3 is 0 Å². The molecule has 0 bridgehead atoms. The molecule has 128 valence electrons. The van der Waals surface area contributed by atoms with Crippen molar-refractivity contribution in [3.63, 3.8) is 0 Å². The molecule has 0 saturated heterocycles. The summed E-state index contributed by atoms with van der Waals surface area (Å²) >= 11 is 1.22. The lowest BCUT2D eigenvalue weighted by atomic mass is 10.1. The number of pyridine rings is 1. The Kier molecular flexibility index (Phi) is 5.15. The maximum absolute atomic E-state index is 12.5. The Morgan fingerprint density at radius 3 is 2.54 bits per heavy atom. The van der Waals surface area contributed by atoms with Gasteiger partial charge in [-0.3, -0.25) is 9.59 Å². The number of Topliss-reactive ketones (excluding diaryl/α,β-unsaturated/α-hetero) is 2. The number of nitriles is 1. The second-order valence-electron chi connectivity index (χ2n) is 5.92. The number of carbonyl (C=O) groups excluding carboxylic acids is 2. The van der Waals surface area contributed by atoms with Gasteiger partial charge in [-0.2, -0.15) is 5.26 Å². The summed E-state index contributed by atoms with van der Waals surface area (Å²) in [5.41, 5.74) is 1.95. The Morgan fingerprint density at radius 1 is 1.12 bits per heavy atom. The molecule has 0 aliphatic heterocycles. The molecule has 0 atom stereocenters. The van der Waals surface area contributed by atoms with Gasteiger partial charge in [0.2, 0.25) is 0 Å². The van der Waals surface area contributed by atoms with Crippen LogP contribution in [-0.4, -0.2) is 22.3 Å². The van der Waals surface area contributed by atoms with Gasteiger partial charge >= 0.3 is 0 Å². The number of ketones is 2. The Labute approximate surface area is 155 Å². The average Bonchev–Trinajstić information content (AvgIpc) is 2.65. The molecule has 5 heteroatoms. The molecule has 0 saturated carbocycles. The number of fused-ring (bicyclic) bond motifs is 1. The predicted octanol–water partition coefficient (Wildman–Crippen LogP) is 4.59. The maximum atomic E-state index is 12.5. The van der Waals surface area contributed by atoms with E-state index in [1.165, 1.54) is 18.7 Å². The lowest BCUT2D eigenvalue weighted by Crippen LogP contribution is -2.05. The highest BCUT2D eigenvalue weighted by molar-refractivity contribution is 8.00. The third-order valence-electron chi connectivity index (χ3n) is 4.09. The SMILES string of the molecule is CC(=O)c1cc(C#N)c(SCC(=O)c2ccc3ccccc3c2)nc1C. The minimum atomic E-state index is -0.129. The number of hydrogen-bond donors (Lipinski definition) is 0. The van der Waals surface area contributed by atoms with E-state index >= 15 is 0 Å². The highest BCUT2D eigenvalue weighted by atomic mass is 32.2. The largest absolute Gasteiger partial charge is 0.294 e. The Hall–Kier alpha value is -2.97. The average molecular weight is 360 g/mol. The van der Waals surface area contributed by atoms with Gasteiger partial charge in [-0.25, -0.2) is 4.98 Å². The van der Waals surface area contributed by atoms with Crippen molar-refractivity contribution < 1.29 is 9.59 Å². The number of rotatable bonds is 5. The summed E-state index contributed by atoms with van der Waals surface area (Å²) in [6.45, 7) is 3.17. The molecular weight excluding hydrogens is 344 g/mol. The van der Waals surface area contributed by atoms with E-state index in [0.717, 1.165) is 10.8 Å². The second-order valence-corrected chi connectivity index (χ2v) is 6.88. The molecule has 0 spiro atoms. The van der Waals surface area contributed by atoms with Crippen LogP contribution in [0.1, 0.15) is 38.9 Å². The number of nitrogens with zero attached hydrogens (tertiary/aromatic N) is 2. The molecule has 0 aliphatic rings. The molecule has 3 rings (SSSR count). The van der Waals surface area contributed by atoms with Crippen molar-refractivity contribution in [2.24, 2.45) is 0 Å². The number of carbonyl (C=O) groups is 2. The zero-order valence-electron chi connectivity index (χ0n) is 14.4. The fourth-order valence-corrected chi connectivity index (χ4v) is 3.61. The lowest BCUT2D eigenvalue weighted by molar-refractivity contribution is 0.101. The van der Waals surface area contributed by atoms with Crippen molar-refractivity contribution in [3.8, 4) is 6.07 Å². The van der Waals surface area contributed by atoms with E-state index in [1.807, 2.05) is 42.5 Å². The highest BCUT2D eigenvalue weighted by Gasteiger charge is 2.15. The third-order valence-corrected chi connectivity index (χ3v) is 5.08. The van der Waals surface area contributed by atoms with Crippen LogP contribution in [-0.2, 0) is 0 Å². The summed E-state index contributed by atoms with van der Waals surface area (Å²) in [5.74, 6) is 0.0221. The molecule has 4 nitrogen and oxygen atoms in total. The fraction of sp³-hybridized carbons (Fsp3) is 0.143. The molecular formula is C21H16N2O2S. The summed E-state index contributed by atoms with van der Waals surface area (Å²) < 4.78 is 0. The van der Waals surface area contributed by atoms with E-state index in [2.05, 4.69) is 11.1 Å². The van der Waals surface area contributed by atoms with Gasteiger partial charge in [0.15, 0.2) is 11.6 Å². The van der Waals surface area contributed by atoms with Crippen molar-refractivity contribution in [2.75, 3.05) is 5.75 Å².